The minimum absolute atomic E-state index is 0.243. The van der Waals surface area contributed by atoms with Crippen molar-refractivity contribution in [3.63, 3.8) is 0 Å². The highest BCUT2D eigenvalue weighted by Crippen LogP contribution is 2.30. The van der Waals surface area contributed by atoms with Gasteiger partial charge in [0.1, 0.15) is 11.6 Å². The van der Waals surface area contributed by atoms with E-state index >= 15 is 0 Å². The predicted octanol–water partition coefficient (Wildman–Crippen LogP) is 3.99. The normalized spacial score (nSPS) is 11.7. The van der Waals surface area contributed by atoms with Crippen molar-refractivity contribution in [1.29, 1.82) is 0 Å². The van der Waals surface area contributed by atoms with Crippen molar-refractivity contribution in [3.05, 3.63) is 41.7 Å². The number of hydrogen-bond acceptors (Lipinski definition) is 4. The molecule has 1 aromatic heterocycles. The van der Waals surface area contributed by atoms with E-state index in [0.717, 1.165) is 11.6 Å². The molecule has 112 valence electrons. The van der Waals surface area contributed by atoms with Crippen LogP contribution in [0.4, 0.5) is 19.0 Å². The maximum atomic E-state index is 12.6. The van der Waals surface area contributed by atoms with Crippen LogP contribution in [0.5, 0.6) is 11.6 Å². The summed E-state index contributed by atoms with van der Waals surface area (Å²) in [6.07, 6.45) is -4.67. The summed E-state index contributed by atoms with van der Waals surface area (Å²) < 4.78 is 43.1. The molecular weight excluding hydrogens is 283 g/mol. The van der Waals surface area contributed by atoms with Crippen LogP contribution in [-0.4, -0.2) is 9.97 Å². The first-order valence-electron chi connectivity index (χ1n) is 6.25. The lowest BCUT2D eigenvalue weighted by Crippen LogP contribution is -2.12. The summed E-state index contributed by atoms with van der Waals surface area (Å²) in [6, 6.07) is 8.16. The topological polar surface area (TPSA) is 61.0 Å². The number of aromatic nitrogens is 2. The minimum Gasteiger partial charge on any atom is -0.439 e. The molecular formula is C14H14F3N3O. The first-order valence-corrected chi connectivity index (χ1v) is 6.25. The summed E-state index contributed by atoms with van der Waals surface area (Å²) in [7, 11) is 0. The molecule has 7 heteroatoms. The van der Waals surface area contributed by atoms with Crippen LogP contribution in [0, 0.1) is 0 Å². The molecule has 2 aromatic rings. The third-order valence-corrected chi connectivity index (χ3v) is 2.75. The van der Waals surface area contributed by atoms with Crippen molar-refractivity contribution in [1.82, 2.24) is 9.97 Å². The second-order valence-corrected chi connectivity index (χ2v) is 4.78. The molecule has 0 aliphatic heterocycles. The quantitative estimate of drug-likeness (QED) is 0.930. The molecule has 0 bridgehead atoms. The van der Waals surface area contributed by atoms with Crippen molar-refractivity contribution in [3.8, 4) is 11.6 Å². The van der Waals surface area contributed by atoms with Gasteiger partial charge in [-0.1, -0.05) is 26.0 Å². The molecule has 0 atom stereocenters. The van der Waals surface area contributed by atoms with Crippen molar-refractivity contribution < 1.29 is 17.9 Å². The Morgan fingerprint density at radius 3 is 2.24 bits per heavy atom. The third kappa shape index (κ3) is 3.84. The monoisotopic (exact) mass is 297 g/mol. The van der Waals surface area contributed by atoms with Gasteiger partial charge in [-0.05, 0) is 23.6 Å². The lowest BCUT2D eigenvalue weighted by molar-refractivity contribution is -0.145. The van der Waals surface area contributed by atoms with Crippen LogP contribution in [0.1, 0.15) is 31.2 Å². The Morgan fingerprint density at radius 1 is 1.10 bits per heavy atom. The number of hydrogen-bond donors (Lipinski definition) is 1. The Labute approximate surface area is 119 Å². The van der Waals surface area contributed by atoms with Crippen LogP contribution in [0.3, 0.4) is 0 Å². The average Bonchev–Trinajstić information content (AvgIpc) is 2.37. The molecule has 2 rings (SSSR count). The fourth-order valence-electron chi connectivity index (χ4n) is 1.66. The molecule has 1 aromatic carbocycles. The summed E-state index contributed by atoms with van der Waals surface area (Å²) in [4.78, 5) is 6.47. The van der Waals surface area contributed by atoms with Crippen molar-refractivity contribution in [2.75, 3.05) is 5.73 Å². The number of alkyl halides is 3. The van der Waals surface area contributed by atoms with E-state index in [4.69, 9.17) is 10.5 Å². The van der Waals surface area contributed by atoms with Crippen LogP contribution < -0.4 is 10.5 Å². The van der Waals surface area contributed by atoms with E-state index < -0.39 is 12.0 Å². The smallest absolute Gasteiger partial charge is 0.439 e. The average molecular weight is 297 g/mol. The lowest BCUT2D eigenvalue weighted by atomic mass is 10.0. The molecule has 0 saturated heterocycles. The Kier molecular flexibility index (Phi) is 4.02. The van der Waals surface area contributed by atoms with Gasteiger partial charge in [0.05, 0.1) is 0 Å². The van der Waals surface area contributed by atoms with Crippen LogP contribution in [-0.2, 0) is 6.18 Å². The van der Waals surface area contributed by atoms with Gasteiger partial charge in [-0.25, -0.2) is 4.98 Å². The molecule has 4 nitrogen and oxygen atoms in total. The van der Waals surface area contributed by atoms with E-state index in [2.05, 4.69) is 9.97 Å². The number of anilines is 1. The van der Waals surface area contributed by atoms with Gasteiger partial charge >= 0.3 is 6.18 Å². The fourth-order valence-corrected chi connectivity index (χ4v) is 1.66. The maximum absolute atomic E-state index is 12.6. The first kappa shape index (κ1) is 15.1. The van der Waals surface area contributed by atoms with E-state index in [0.29, 0.717) is 11.7 Å². The van der Waals surface area contributed by atoms with E-state index in [1.807, 2.05) is 26.0 Å². The maximum Gasteiger partial charge on any atom is 0.451 e. The standard InChI is InChI=1S/C14H14F3N3O/c1-8(2)9-3-5-10(6-4-9)21-12-7-11(18)19-13(20-12)14(15,16)17/h3-8H,1-2H3,(H2,18,19,20). The molecule has 2 N–H and O–H groups in total. The molecule has 1 heterocycles. The Morgan fingerprint density at radius 2 is 1.71 bits per heavy atom. The molecule has 0 saturated carbocycles. The van der Waals surface area contributed by atoms with Gasteiger partial charge in [-0.2, -0.15) is 18.2 Å². The first-order chi connectivity index (χ1) is 9.75. The van der Waals surface area contributed by atoms with Gasteiger partial charge in [0.25, 0.3) is 0 Å². The SMILES string of the molecule is CC(C)c1ccc(Oc2cc(N)nc(C(F)(F)F)n2)cc1. The van der Waals surface area contributed by atoms with Crippen LogP contribution >= 0.6 is 0 Å². The molecule has 0 spiro atoms. The summed E-state index contributed by atoms with van der Waals surface area (Å²) in [5.41, 5.74) is 6.44. The Balaban J connectivity index is 2.25. The summed E-state index contributed by atoms with van der Waals surface area (Å²) in [5.74, 6) is -1.13. The molecule has 0 unspecified atom stereocenters. The molecule has 0 fully saturated rings. The van der Waals surface area contributed by atoms with Crippen molar-refractivity contribution >= 4 is 5.82 Å². The van der Waals surface area contributed by atoms with Gasteiger partial charge in [0.15, 0.2) is 0 Å². The number of halogens is 3. The van der Waals surface area contributed by atoms with Gasteiger partial charge in [-0.15, -0.1) is 0 Å². The van der Waals surface area contributed by atoms with E-state index in [1.54, 1.807) is 12.1 Å². The molecule has 21 heavy (non-hydrogen) atoms. The highest BCUT2D eigenvalue weighted by molar-refractivity contribution is 5.37. The van der Waals surface area contributed by atoms with Crippen LogP contribution in [0.2, 0.25) is 0 Å². The summed E-state index contributed by atoms with van der Waals surface area (Å²) >= 11 is 0. The largest absolute Gasteiger partial charge is 0.451 e. The van der Waals surface area contributed by atoms with Gasteiger partial charge in [0.2, 0.25) is 11.7 Å². The minimum atomic E-state index is -4.67. The lowest BCUT2D eigenvalue weighted by Gasteiger charge is -2.10. The van der Waals surface area contributed by atoms with E-state index in [1.165, 1.54) is 0 Å². The zero-order valence-corrected chi connectivity index (χ0v) is 11.5. The number of benzene rings is 1. The number of rotatable bonds is 3. The summed E-state index contributed by atoms with van der Waals surface area (Å²) in [6.45, 7) is 4.08. The number of nitrogens with two attached hydrogens (primary N) is 1. The summed E-state index contributed by atoms with van der Waals surface area (Å²) in [5, 5.41) is 0. The number of nitrogens with zero attached hydrogens (tertiary/aromatic N) is 2. The zero-order valence-electron chi connectivity index (χ0n) is 11.5. The second kappa shape index (κ2) is 5.59. The van der Waals surface area contributed by atoms with Crippen LogP contribution in [0.25, 0.3) is 0 Å². The number of nitrogen functional groups attached to an aromatic ring is 1. The predicted molar refractivity (Wildman–Crippen MR) is 72.1 cm³/mol. The fraction of sp³-hybridized carbons (Fsp3) is 0.286. The van der Waals surface area contributed by atoms with E-state index in [9.17, 15) is 13.2 Å². The molecule has 0 aliphatic rings. The van der Waals surface area contributed by atoms with Gasteiger partial charge < -0.3 is 10.5 Å². The highest BCUT2D eigenvalue weighted by Gasteiger charge is 2.35. The van der Waals surface area contributed by atoms with Crippen molar-refractivity contribution in [2.24, 2.45) is 0 Å². The van der Waals surface area contributed by atoms with Gasteiger partial charge in [-0.3, -0.25) is 0 Å². The Bertz CT molecular complexity index is 624. The molecule has 0 aliphatic carbocycles. The third-order valence-electron chi connectivity index (χ3n) is 2.75. The van der Waals surface area contributed by atoms with Crippen molar-refractivity contribution in [2.45, 2.75) is 25.9 Å². The highest BCUT2D eigenvalue weighted by atomic mass is 19.4. The molecule has 0 amide bonds. The van der Waals surface area contributed by atoms with Crippen LogP contribution in [0.15, 0.2) is 30.3 Å². The number of ether oxygens (including phenoxy) is 1. The zero-order chi connectivity index (χ0) is 15.6. The molecule has 0 radical (unpaired) electrons. The second-order valence-electron chi connectivity index (χ2n) is 4.78. The van der Waals surface area contributed by atoms with Gasteiger partial charge in [0, 0.05) is 6.07 Å². The van der Waals surface area contributed by atoms with E-state index in [-0.39, 0.29) is 11.7 Å². The Hall–Kier alpha value is -2.31.